The van der Waals surface area contributed by atoms with Crippen molar-refractivity contribution in [2.24, 2.45) is 0 Å². The lowest BCUT2D eigenvalue weighted by molar-refractivity contribution is 0.0955. The summed E-state index contributed by atoms with van der Waals surface area (Å²) in [5, 5.41) is 4.27. The van der Waals surface area contributed by atoms with E-state index in [2.05, 4.69) is 5.32 Å². The smallest absolute Gasteiger partial charge is 0.252 e. The second-order valence-corrected chi connectivity index (χ2v) is 6.32. The molecule has 0 saturated heterocycles. The van der Waals surface area contributed by atoms with E-state index in [1.165, 1.54) is 6.07 Å². The molecular formula is C20H19ClN2O2. The van der Waals surface area contributed by atoms with Gasteiger partial charge >= 0.3 is 0 Å². The molecule has 25 heavy (non-hydrogen) atoms. The molecule has 0 atom stereocenters. The van der Waals surface area contributed by atoms with E-state index >= 15 is 0 Å². The summed E-state index contributed by atoms with van der Waals surface area (Å²) in [7, 11) is 0. The summed E-state index contributed by atoms with van der Waals surface area (Å²) >= 11 is 5.93. The molecule has 2 aromatic carbocycles. The van der Waals surface area contributed by atoms with Gasteiger partial charge in [-0.3, -0.25) is 9.59 Å². The highest BCUT2D eigenvalue weighted by Crippen LogP contribution is 2.18. The Hall–Kier alpha value is -2.59. The molecule has 5 heteroatoms. The third-order valence-electron chi connectivity index (χ3n) is 4.05. The van der Waals surface area contributed by atoms with Crippen LogP contribution >= 0.6 is 11.6 Å². The number of para-hydroxylation sites is 1. The van der Waals surface area contributed by atoms with Gasteiger partial charge in [0.05, 0.1) is 17.6 Å². The average Bonchev–Trinajstić information content (AvgIpc) is 2.63. The minimum absolute atomic E-state index is 0.199. The SMILES string of the molecule is CCCNC(=O)c1cc(=O)n(Cc2ccc(Cl)cc2)c2ccccc12. The second kappa shape index (κ2) is 7.53. The van der Waals surface area contributed by atoms with Crippen molar-refractivity contribution in [3.8, 4) is 0 Å². The number of carbonyl (C=O) groups excluding carboxylic acids is 1. The van der Waals surface area contributed by atoms with Crippen LogP contribution in [0, 0.1) is 0 Å². The zero-order chi connectivity index (χ0) is 17.8. The van der Waals surface area contributed by atoms with Gasteiger partial charge in [0.1, 0.15) is 0 Å². The van der Waals surface area contributed by atoms with Crippen molar-refractivity contribution in [3.63, 3.8) is 0 Å². The van der Waals surface area contributed by atoms with Crippen LogP contribution in [0.15, 0.2) is 59.4 Å². The van der Waals surface area contributed by atoms with Crippen LogP contribution < -0.4 is 10.9 Å². The molecule has 0 radical (unpaired) electrons. The lowest BCUT2D eigenvalue weighted by atomic mass is 10.1. The molecule has 0 bridgehead atoms. The summed E-state index contributed by atoms with van der Waals surface area (Å²) in [4.78, 5) is 25.1. The maximum Gasteiger partial charge on any atom is 0.252 e. The lowest BCUT2D eigenvalue weighted by Gasteiger charge is -2.13. The van der Waals surface area contributed by atoms with E-state index < -0.39 is 0 Å². The monoisotopic (exact) mass is 354 g/mol. The Balaban J connectivity index is 2.08. The fourth-order valence-corrected chi connectivity index (χ4v) is 2.92. The van der Waals surface area contributed by atoms with Crippen LogP contribution in [-0.4, -0.2) is 17.0 Å². The molecule has 1 N–H and O–H groups in total. The zero-order valence-electron chi connectivity index (χ0n) is 14.0. The number of pyridine rings is 1. The fraction of sp³-hybridized carbons (Fsp3) is 0.200. The number of rotatable bonds is 5. The Bertz CT molecular complexity index is 962. The van der Waals surface area contributed by atoms with Crippen LogP contribution in [0.3, 0.4) is 0 Å². The first-order valence-electron chi connectivity index (χ1n) is 8.25. The summed E-state index contributed by atoms with van der Waals surface area (Å²) in [6.45, 7) is 3.00. The normalized spacial score (nSPS) is 10.8. The maximum absolute atomic E-state index is 12.7. The Labute approximate surface area is 151 Å². The van der Waals surface area contributed by atoms with Crippen molar-refractivity contribution in [2.45, 2.75) is 19.9 Å². The number of carbonyl (C=O) groups is 1. The predicted octanol–water partition coefficient (Wildman–Crippen LogP) is 3.84. The number of fused-ring (bicyclic) bond motifs is 1. The molecule has 0 unspecified atom stereocenters. The van der Waals surface area contributed by atoms with E-state index in [0.29, 0.717) is 23.7 Å². The fourth-order valence-electron chi connectivity index (χ4n) is 2.79. The molecule has 0 saturated carbocycles. The van der Waals surface area contributed by atoms with Gasteiger partial charge < -0.3 is 9.88 Å². The molecular weight excluding hydrogens is 336 g/mol. The second-order valence-electron chi connectivity index (χ2n) is 5.88. The number of nitrogens with one attached hydrogen (secondary N) is 1. The zero-order valence-corrected chi connectivity index (χ0v) is 14.7. The first-order valence-corrected chi connectivity index (χ1v) is 8.63. The van der Waals surface area contributed by atoms with Gasteiger partial charge in [-0.25, -0.2) is 0 Å². The molecule has 4 nitrogen and oxygen atoms in total. The number of aromatic nitrogens is 1. The molecule has 3 rings (SSSR count). The van der Waals surface area contributed by atoms with E-state index in [9.17, 15) is 9.59 Å². The molecule has 0 aliphatic carbocycles. The summed E-state index contributed by atoms with van der Waals surface area (Å²) in [5.74, 6) is -0.214. The van der Waals surface area contributed by atoms with Gasteiger partial charge in [0.25, 0.3) is 11.5 Å². The van der Waals surface area contributed by atoms with Crippen LogP contribution in [0.2, 0.25) is 5.02 Å². The highest BCUT2D eigenvalue weighted by atomic mass is 35.5. The quantitative estimate of drug-likeness (QED) is 0.756. The van der Waals surface area contributed by atoms with Crippen LogP contribution in [0.1, 0.15) is 29.3 Å². The topological polar surface area (TPSA) is 51.1 Å². The van der Waals surface area contributed by atoms with E-state index in [1.54, 1.807) is 16.7 Å². The first-order chi connectivity index (χ1) is 12.1. The first kappa shape index (κ1) is 17.2. The Morgan fingerprint density at radius 3 is 2.56 bits per heavy atom. The van der Waals surface area contributed by atoms with Gasteiger partial charge in [0.15, 0.2) is 0 Å². The highest BCUT2D eigenvalue weighted by Gasteiger charge is 2.14. The minimum Gasteiger partial charge on any atom is -0.352 e. The minimum atomic E-state index is -0.214. The van der Waals surface area contributed by atoms with Crippen molar-refractivity contribution < 1.29 is 4.79 Å². The van der Waals surface area contributed by atoms with Gasteiger partial charge in [-0.2, -0.15) is 0 Å². The van der Waals surface area contributed by atoms with Crippen molar-refractivity contribution >= 4 is 28.4 Å². The number of halogens is 1. The van der Waals surface area contributed by atoms with Crippen molar-refractivity contribution in [1.29, 1.82) is 0 Å². The van der Waals surface area contributed by atoms with Crippen LogP contribution in [-0.2, 0) is 6.54 Å². The Morgan fingerprint density at radius 2 is 1.84 bits per heavy atom. The van der Waals surface area contributed by atoms with E-state index in [-0.39, 0.29) is 11.5 Å². The van der Waals surface area contributed by atoms with E-state index in [4.69, 9.17) is 11.6 Å². The molecule has 0 aliphatic heterocycles. The van der Waals surface area contributed by atoms with Gasteiger partial charge in [-0.1, -0.05) is 48.9 Å². The largest absolute Gasteiger partial charge is 0.352 e. The maximum atomic E-state index is 12.7. The third kappa shape index (κ3) is 3.74. The lowest BCUT2D eigenvalue weighted by Crippen LogP contribution is -2.28. The molecule has 1 aromatic heterocycles. The summed E-state index contributed by atoms with van der Waals surface area (Å²) in [6, 6.07) is 16.3. The molecule has 0 spiro atoms. The molecule has 0 fully saturated rings. The van der Waals surface area contributed by atoms with Gasteiger partial charge in [0.2, 0.25) is 0 Å². The molecule has 1 heterocycles. The number of benzene rings is 2. The van der Waals surface area contributed by atoms with Crippen LogP contribution in [0.25, 0.3) is 10.9 Å². The number of amides is 1. The number of hydrogen-bond acceptors (Lipinski definition) is 2. The summed E-state index contributed by atoms with van der Waals surface area (Å²) in [6.07, 6.45) is 0.845. The van der Waals surface area contributed by atoms with Crippen LogP contribution in [0.4, 0.5) is 0 Å². The van der Waals surface area contributed by atoms with E-state index in [1.807, 2.05) is 43.3 Å². The van der Waals surface area contributed by atoms with Crippen LogP contribution in [0.5, 0.6) is 0 Å². The summed E-state index contributed by atoms with van der Waals surface area (Å²) < 4.78 is 1.68. The van der Waals surface area contributed by atoms with Gasteiger partial charge in [-0.05, 0) is 30.2 Å². The average molecular weight is 355 g/mol. The van der Waals surface area contributed by atoms with Crippen molar-refractivity contribution in [1.82, 2.24) is 9.88 Å². The molecule has 3 aromatic rings. The Morgan fingerprint density at radius 1 is 1.12 bits per heavy atom. The Kier molecular flexibility index (Phi) is 5.19. The standard InChI is InChI=1S/C20H19ClN2O2/c1-2-11-22-20(25)17-12-19(24)23(18-6-4-3-5-16(17)18)13-14-7-9-15(21)10-8-14/h3-10,12H,2,11,13H2,1H3,(H,22,25). The number of nitrogens with zero attached hydrogens (tertiary/aromatic N) is 1. The van der Waals surface area contributed by atoms with Gasteiger partial charge in [0, 0.05) is 23.0 Å². The highest BCUT2D eigenvalue weighted by molar-refractivity contribution is 6.30. The van der Waals surface area contributed by atoms with Crippen molar-refractivity contribution in [3.05, 3.63) is 81.1 Å². The molecule has 0 aliphatic rings. The molecule has 1 amide bonds. The number of hydrogen-bond donors (Lipinski definition) is 1. The third-order valence-corrected chi connectivity index (χ3v) is 4.30. The van der Waals surface area contributed by atoms with Crippen molar-refractivity contribution in [2.75, 3.05) is 6.54 Å². The predicted molar refractivity (Wildman–Crippen MR) is 101 cm³/mol. The summed E-state index contributed by atoms with van der Waals surface area (Å²) in [5.41, 5.74) is 1.93. The van der Waals surface area contributed by atoms with E-state index in [0.717, 1.165) is 22.9 Å². The molecule has 128 valence electrons. The van der Waals surface area contributed by atoms with Gasteiger partial charge in [-0.15, -0.1) is 0 Å².